The number of fused-ring (bicyclic) bond motifs is 1. The first-order valence-corrected chi connectivity index (χ1v) is 6.14. The first-order valence-electron chi connectivity index (χ1n) is 6.14. The molecular formula is C12H12N6O3. The van der Waals surface area contributed by atoms with E-state index in [-0.39, 0.29) is 18.1 Å². The van der Waals surface area contributed by atoms with Gasteiger partial charge < -0.3 is 14.6 Å². The zero-order valence-electron chi connectivity index (χ0n) is 11.4. The van der Waals surface area contributed by atoms with Gasteiger partial charge in [0.2, 0.25) is 5.88 Å². The van der Waals surface area contributed by atoms with Crippen LogP contribution in [0.15, 0.2) is 22.7 Å². The Kier molecular flexibility index (Phi) is 3.22. The van der Waals surface area contributed by atoms with Crippen molar-refractivity contribution in [2.45, 2.75) is 13.5 Å². The van der Waals surface area contributed by atoms with E-state index in [9.17, 15) is 4.79 Å². The number of methoxy groups -OCH3 is 1. The van der Waals surface area contributed by atoms with E-state index >= 15 is 0 Å². The Morgan fingerprint density at radius 2 is 2.29 bits per heavy atom. The van der Waals surface area contributed by atoms with Gasteiger partial charge >= 0.3 is 0 Å². The Morgan fingerprint density at radius 1 is 1.43 bits per heavy atom. The number of carbonyl (C=O) groups is 1. The molecule has 0 bridgehead atoms. The topological polar surface area (TPSA) is 107 Å². The fourth-order valence-electron chi connectivity index (χ4n) is 1.76. The summed E-state index contributed by atoms with van der Waals surface area (Å²) in [4.78, 5) is 11.9. The number of rotatable bonds is 4. The van der Waals surface area contributed by atoms with Crippen molar-refractivity contribution in [2.75, 3.05) is 7.11 Å². The molecule has 0 aromatic carbocycles. The third-order valence-electron chi connectivity index (χ3n) is 2.78. The summed E-state index contributed by atoms with van der Waals surface area (Å²) in [6.07, 6.45) is 0. The third-order valence-corrected chi connectivity index (χ3v) is 2.78. The van der Waals surface area contributed by atoms with E-state index in [1.807, 2.05) is 0 Å². The van der Waals surface area contributed by atoms with Crippen LogP contribution in [-0.4, -0.2) is 38.0 Å². The molecule has 0 radical (unpaired) electrons. The van der Waals surface area contributed by atoms with Crippen LogP contribution < -0.4 is 10.1 Å². The lowest BCUT2D eigenvalue weighted by Gasteiger charge is -2.02. The van der Waals surface area contributed by atoms with Crippen molar-refractivity contribution >= 4 is 11.6 Å². The predicted molar refractivity (Wildman–Crippen MR) is 69.7 cm³/mol. The van der Waals surface area contributed by atoms with Crippen LogP contribution in [0.2, 0.25) is 0 Å². The van der Waals surface area contributed by atoms with Gasteiger partial charge in [0.05, 0.1) is 13.7 Å². The number of nitrogens with zero attached hydrogens (tertiary/aromatic N) is 5. The van der Waals surface area contributed by atoms with Crippen molar-refractivity contribution in [3.05, 3.63) is 35.5 Å². The van der Waals surface area contributed by atoms with Gasteiger partial charge in [-0.15, -0.1) is 15.3 Å². The molecule has 1 N–H and O–H groups in total. The van der Waals surface area contributed by atoms with Crippen LogP contribution >= 0.6 is 0 Å². The Labute approximate surface area is 118 Å². The van der Waals surface area contributed by atoms with Crippen molar-refractivity contribution in [2.24, 2.45) is 0 Å². The number of carbonyl (C=O) groups excluding carboxylic acids is 1. The molecule has 9 nitrogen and oxygen atoms in total. The van der Waals surface area contributed by atoms with E-state index < -0.39 is 0 Å². The average molecular weight is 288 g/mol. The maximum atomic E-state index is 11.9. The molecule has 0 aliphatic carbocycles. The second-order valence-corrected chi connectivity index (χ2v) is 4.27. The van der Waals surface area contributed by atoms with Gasteiger partial charge in [-0.1, -0.05) is 5.16 Å². The molecule has 21 heavy (non-hydrogen) atoms. The maximum absolute atomic E-state index is 11.9. The molecule has 0 unspecified atom stereocenters. The Morgan fingerprint density at radius 3 is 3.00 bits per heavy atom. The molecule has 0 aliphatic rings. The minimum Gasteiger partial charge on any atom is -0.480 e. The minimum absolute atomic E-state index is 0.159. The molecule has 108 valence electrons. The van der Waals surface area contributed by atoms with Gasteiger partial charge in [-0.2, -0.15) is 4.52 Å². The normalized spacial score (nSPS) is 10.8. The summed E-state index contributed by atoms with van der Waals surface area (Å²) in [5.74, 6) is 1.13. The molecule has 0 fully saturated rings. The molecule has 0 atom stereocenters. The van der Waals surface area contributed by atoms with Crippen molar-refractivity contribution < 1.29 is 14.1 Å². The van der Waals surface area contributed by atoms with Crippen LogP contribution in [0.4, 0.5) is 0 Å². The number of nitrogens with one attached hydrogen (secondary N) is 1. The van der Waals surface area contributed by atoms with Gasteiger partial charge in [0, 0.05) is 12.1 Å². The number of amides is 1. The van der Waals surface area contributed by atoms with Crippen molar-refractivity contribution in [1.82, 2.24) is 30.3 Å². The standard InChI is InChI=1S/C12H12N6O3/c1-7-5-8(17-21-7)12(19)13-6-10-15-14-9-3-4-11(20-2)16-18(9)10/h3-5H,6H2,1-2H3,(H,13,19). The molecule has 3 rings (SSSR count). The van der Waals surface area contributed by atoms with Gasteiger partial charge in [-0.25, -0.2) is 0 Å². The van der Waals surface area contributed by atoms with Crippen LogP contribution in [0, 0.1) is 6.92 Å². The third kappa shape index (κ3) is 2.53. The lowest BCUT2D eigenvalue weighted by atomic mass is 10.3. The summed E-state index contributed by atoms with van der Waals surface area (Å²) >= 11 is 0. The molecular weight excluding hydrogens is 276 g/mol. The summed E-state index contributed by atoms with van der Waals surface area (Å²) < 4.78 is 11.4. The largest absolute Gasteiger partial charge is 0.480 e. The smallest absolute Gasteiger partial charge is 0.273 e. The first-order chi connectivity index (χ1) is 10.2. The molecule has 3 heterocycles. The Balaban J connectivity index is 1.77. The summed E-state index contributed by atoms with van der Waals surface area (Å²) in [7, 11) is 1.52. The van der Waals surface area contributed by atoms with E-state index in [2.05, 4.69) is 25.8 Å². The fraction of sp³-hybridized carbons (Fsp3) is 0.250. The first kappa shape index (κ1) is 13.0. The summed E-state index contributed by atoms with van der Waals surface area (Å²) in [5.41, 5.74) is 0.782. The van der Waals surface area contributed by atoms with Crippen LogP contribution in [-0.2, 0) is 6.54 Å². The zero-order valence-corrected chi connectivity index (χ0v) is 11.4. The number of aryl methyl sites for hydroxylation is 1. The van der Waals surface area contributed by atoms with E-state index in [0.717, 1.165) is 0 Å². The van der Waals surface area contributed by atoms with Gasteiger partial charge in [0.25, 0.3) is 5.91 Å². The van der Waals surface area contributed by atoms with E-state index in [0.29, 0.717) is 23.1 Å². The highest BCUT2D eigenvalue weighted by Gasteiger charge is 2.13. The Hall–Kier alpha value is -2.97. The maximum Gasteiger partial charge on any atom is 0.273 e. The molecule has 0 aliphatic heterocycles. The van der Waals surface area contributed by atoms with Gasteiger partial charge in [0.15, 0.2) is 17.2 Å². The summed E-state index contributed by atoms with van der Waals surface area (Å²) in [5, 5.41) is 18.4. The quantitative estimate of drug-likeness (QED) is 0.738. The molecule has 0 saturated carbocycles. The number of ether oxygens (including phenoxy) is 1. The number of hydrogen-bond donors (Lipinski definition) is 1. The second-order valence-electron chi connectivity index (χ2n) is 4.27. The van der Waals surface area contributed by atoms with Gasteiger partial charge in [0.1, 0.15) is 5.76 Å². The number of aromatic nitrogens is 5. The van der Waals surface area contributed by atoms with Crippen LogP contribution in [0.25, 0.3) is 5.65 Å². The van der Waals surface area contributed by atoms with Crippen LogP contribution in [0.5, 0.6) is 5.88 Å². The molecule has 1 amide bonds. The van der Waals surface area contributed by atoms with Crippen molar-refractivity contribution in [1.29, 1.82) is 0 Å². The zero-order chi connectivity index (χ0) is 14.8. The average Bonchev–Trinajstić information content (AvgIpc) is 3.10. The predicted octanol–water partition coefficient (Wildman–Crippen LogP) is 0.359. The summed E-state index contributed by atoms with van der Waals surface area (Å²) in [6.45, 7) is 1.87. The lowest BCUT2D eigenvalue weighted by Crippen LogP contribution is -2.24. The number of hydrogen-bond acceptors (Lipinski definition) is 7. The monoisotopic (exact) mass is 288 g/mol. The Bertz CT molecular complexity index is 793. The molecule has 3 aromatic rings. The van der Waals surface area contributed by atoms with Gasteiger partial charge in [-0.3, -0.25) is 4.79 Å². The molecule has 0 saturated heterocycles. The lowest BCUT2D eigenvalue weighted by molar-refractivity contribution is 0.0940. The highest BCUT2D eigenvalue weighted by atomic mass is 16.5. The van der Waals surface area contributed by atoms with E-state index in [1.165, 1.54) is 11.6 Å². The van der Waals surface area contributed by atoms with E-state index in [1.54, 1.807) is 25.1 Å². The van der Waals surface area contributed by atoms with Crippen LogP contribution in [0.1, 0.15) is 22.1 Å². The molecule has 0 spiro atoms. The van der Waals surface area contributed by atoms with Gasteiger partial charge in [-0.05, 0) is 13.0 Å². The van der Waals surface area contributed by atoms with E-state index in [4.69, 9.17) is 9.26 Å². The highest BCUT2D eigenvalue weighted by molar-refractivity contribution is 5.92. The van der Waals surface area contributed by atoms with Crippen LogP contribution in [0.3, 0.4) is 0 Å². The second kappa shape index (κ2) is 5.19. The van der Waals surface area contributed by atoms with Crippen molar-refractivity contribution in [3.63, 3.8) is 0 Å². The minimum atomic E-state index is -0.355. The molecule has 3 aromatic heterocycles. The fourth-order valence-corrected chi connectivity index (χ4v) is 1.76. The van der Waals surface area contributed by atoms with Crippen molar-refractivity contribution in [3.8, 4) is 5.88 Å². The molecule has 9 heteroatoms. The highest BCUT2D eigenvalue weighted by Crippen LogP contribution is 2.08. The SMILES string of the molecule is COc1ccc2nnc(CNC(=O)c3cc(C)on3)n2n1. The summed E-state index contributed by atoms with van der Waals surface area (Å²) in [6, 6.07) is 4.97.